The van der Waals surface area contributed by atoms with E-state index in [2.05, 4.69) is 10.0 Å². The standard InChI is InChI=1S/C21H18Cl2N2O4S/c1-29-17-7-5-14(6-8-17)13-24-21(26)15-3-2-4-16(11-15)25-30(27,28)18-9-10-19(22)20(23)12-18/h2-12,25H,13H2,1H3,(H,24,26). The molecule has 0 spiro atoms. The molecular weight excluding hydrogens is 447 g/mol. The summed E-state index contributed by atoms with van der Waals surface area (Å²) in [5.41, 5.74) is 1.47. The highest BCUT2D eigenvalue weighted by Gasteiger charge is 2.16. The molecular formula is C21H18Cl2N2O4S. The Balaban J connectivity index is 1.70. The quantitative estimate of drug-likeness (QED) is 0.528. The van der Waals surface area contributed by atoms with Crippen molar-refractivity contribution in [2.45, 2.75) is 11.4 Å². The Hall–Kier alpha value is -2.74. The fourth-order valence-corrected chi connectivity index (χ4v) is 4.05. The number of carbonyl (C=O) groups excluding carboxylic acids is 1. The zero-order valence-electron chi connectivity index (χ0n) is 15.9. The number of benzene rings is 3. The molecule has 0 aromatic heterocycles. The molecule has 9 heteroatoms. The summed E-state index contributed by atoms with van der Waals surface area (Å²) in [5, 5.41) is 3.19. The lowest BCUT2D eigenvalue weighted by atomic mass is 10.1. The first-order valence-corrected chi connectivity index (χ1v) is 11.0. The molecule has 0 atom stereocenters. The summed E-state index contributed by atoms with van der Waals surface area (Å²) in [5.74, 6) is 0.397. The molecule has 30 heavy (non-hydrogen) atoms. The van der Waals surface area contributed by atoms with Gasteiger partial charge in [-0.2, -0.15) is 0 Å². The van der Waals surface area contributed by atoms with Crippen molar-refractivity contribution in [2.75, 3.05) is 11.8 Å². The van der Waals surface area contributed by atoms with E-state index in [1.807, 2.05) is 12.1 Å². The zero-order valence-corrected chi connectivity index (χ0v) is 18.2. The Bertz CT molecular complexity index is 1170. The number of hydrogen-bond acceptors (Lipinski definition) is 4. The number of sulfonamides is 1. The third-order valence-electron chi connectivity index (χ3n) is 4.19. The number of nitrogens with one attached hydrogen (secondary N) is 2. The molecule has 0 aliphatic rings. The summed E-state index contributed by atoms with van der Waals surface area (Å²) in [6, 6.07) is 17.5. The minimum Gasteiger partial charge on any atom is -0.497 e. The fraction of sp³-hybridized carbons (Fsp3) is 0.0952. The van der Waals surface area contributed by atoms with E-state index in [9.17, 15) is 13.2 Å². The maximum Gasteiger partial charge on any atom is 0.261 e. The molecule has 0 saturated heterocycles. The van der Waals surface area contributed by atoms with E-state index in [1.54, 1.807) is 37.4 Å². The van der Waals surface area contributed by atoms with Gasteiger partial charge in [0, 0.05) is 17.8 Å². The highest BCUT2D eigenvalue weighted by molar-refractivity contribution is 7.92. The zero-order chi connectivity index (χ0) is 21.7. The van der Waals surface area contributed by atoms with E-state index < -0.39 is 10.0 Å². The lowest BCUT2D eigenvalue weighted by Crippen LogP contribution is -2.23. The third kappa shape index (κ3) is 5.44. The molecule has 0 aliphatic carbocycles. The molecule has 2 N–H and O–H groups in total. The average Bonchev–Trinajstić information content (AvgIpc) is 2.74. The predicted molar refractivity (Wildman–Crippen MR) is 118 cm³/mol. The smallest absolute Gasteiger partial charge is 0.261 e. The Kier molecular flexibility index (Phi) is 6.87. The number of hydrogen-bond donors (Lipinski definition) is 2. The Morgan fingerprint density at radius 3 is 2.37 bits per heavy atom. The molecule has 3 aromatic carbocycles. The second-order valence-corrected chi connectivity index (χ2v) is 8.79. The van der Waals surface area contributed by atoms with Gasteiger partial charge in [-0.1, -0.05) is 41.4 Å². The normalized spacial score (nSPS) is 11.0. The van der Waals surface area contributed by atoms with Crippen LogP contribution in [-0.2, 0) is 16.6 Å². The fourth-order valence-electron chi connectivity index (χ4n) is 2.61. The van der Waals surface area contributed by atoms with Crippen molar-refractivity contribution < 1.29 is 17.9 Å². The average molecular weight is 465 g/mol. The SMILES string of the molecule is COc1ccc(CNC(=O)c2cccc(NS(=O)(=O)c3ccc(Cl)c(Cl)c3)c2)cc1. The van der Waals surface area contributed by atoms with Crippen molar-refractivity contribution in [2.24, 2.45) is 0 Å². The summed E-state index contributed by atoms with van der Waals surface area (Å²) in [7, 11) is -2.31. The third-order valence-corrected chi connectivity index (χ3v) is 6.31. The maximum absolute atomic E-state index is 12.6. The van der Waals surface area contributed by atoms with E-state index in [-0.39, 0.29) is 26.5 Å². The second-order valence-electron chi connectivity index (χ2n) is 6.29. The van der Waals surface area contributed by atoms with Gasteiger partial charge in [0.1, 0.15) is 5.75 Å². The molecule has 0 saturated carbocycles. The first-order valence-electron chi connectivity index (χ1n) is 8.77. The second kappa shape index (κ2) is 9.38. The minimum absolute atomic E-state index is 0.0359. The number of rotatable bonds is 7. The highest BCUT2D eigenvalue weighted by Crippen LogP contribution is 2.26. The first-order chi connectivity index (χ1) is 14.3. The summed E-state index contributed by atoms with van der Waals surface area (Å²) < 4.78 is 32.7. The highest BCUT2D eigenvalue weighted by atomic mass is 35.5. The molecule has 0 radical (unpaired) electrons. The number of amides is 1. The Morgan fingerprint density at radius 2 is 1.70 bits per heavy atom. The van der Waals surface area contributed by atoms with Crippen LogP contribution in [0.25, 0.3) is 0 Å². The number of halogens is 2. The number of anilines is 1. The number of methoxy groups -OCH3 is 1. The van der Waals surface area contributed by atoms with Crippen LogP contribution < -0.4 is 14.8 Å². The molecule has 0 unspecified atom stereocenters. The molecule has 0 bridgehead atoms. The van der Waals surface area contributed by atoms with Gasteiger partial charge in [0.2, 0.25) is 0 Å². The van der Waals surface area contributed by atoms with Gasteiger partial charge < -0.3 is 10.1 Å². The van der Waals surface area contributed by atoms with Gasteiger partial charge in [-0.25, -0.2) is 8.42 Å². The van der Waals surface area contributed by atoms with Crippen molar-refractivity contribution in [3.05, 3.63) is 87.9 Å². The lowest BCUT2D eigenvalue weighted by Gasteiger charge is -2.11. The molecule has 3 rings (SSSR count). The molecule has 3 aromatic rings. The van der Waals surface area contributed by atoms with Crippen molar-refractivity contribution in [3.63, 3.8) is 0 Å². The van der Waals surface area contributed by atoms with Crippen LogP contribution >= 0.6 is 23.2 Å². The van der Waals surface area contributed by atoms with Gasteiger partial charge >= 0.3 is 0 Å². The molecule has 0 fully saturated rings. The van der Waals surface area contributed by atoms with Crippen LogP contribution in [0.5, 0.6) is 5.75 Å². The van der Waals surface area contributed by atoms with E-state index in [1.165, 1.54) is 24.3 Å². The Morgan fingerprint density at radius 1 is 0.967 bits per heavy atom. The van der Waals surface area contributed by atoms with Crippen LogP contribution in [0.3, 0.4) is 0 Å². The van der Waals surface area contributed by atoms with Crippen molar-refractivity contribution >= 4 is 44.8 Å². The molecule has 6 nitrogen and oxygen atoms in total. The van der Waals surface area contributed by atoms with E-state index in [0.717, 1.165) is 11.3 Å². The largest absolute Gasteiger partial charge is 0.497 e. The van der Waals surface area contributed by atoms with Crippen LogP contribution in [-0.4, -0.2) is 21.4 Å². The van der Waals surface area contributed by atoms with Crippen LogP contribution in [0.1, 0.15) is 15.9 Å². The molecule has 0 aliphatic heterocycles. The van der Waals surface area contributed by atoms with Gasteiger partial charge in [-0.05, 0) is 54.1 Å². The van der Waals surface area contributed by atoms with Crippen molar-refractivity contribution in [1.82, 2.24) is 5.32 Å². The van der Waals surface area contributed by atoms with Gasteiger partial charge in [0.15, 0.2) is 0 Å². The summed E-state index contributed by atoms with van der Waals surface area (Å²) in [6.07, 6.45) is 0. The van der Waals surface area contributed by atoms with Crippen LogP contribution in [0.2, 0.25) is 10.0 Å². The molecule has 156 valence electrons. The minimum atomic E-state index is -3.89. The van der Waals surface area contributed by atoms with Gasteiger partial charge in [-0.15, -0.1) is 0 Å². The molecule has 0 heterocycles. The molecule has 1 amide bonds. The Labute approximate surface area is 184 Å². The van der Waals surface area contributed by atoms with Crippen LogP contribution in [0.15, 0.2) is 71.6 Å². The van der Waals surface area contributed by atoms with Crippen molar-refractivity contribution in [1.29, 1.82) is 0 Å². The number of ether oxygens (including phenoxy) is 1. The van der Waals surface area contributed by atoms with Crippen LogP contribution in [0.4, 0.5) is 5.69 Å². The van der Waals surface area contributed by atoms with E-state index in [4.69, 9.17) is 27.9 Å². The van der Waals surface area contributed by atoms with Gasteiger partial charge in [-0.3, -0.25) is 9.52 Å². The first kappa shape index (κ1) is 22.0. The van der Waals surface area contributed by atoms with E-state index >= 15 is 0 Å². The van der Waals surface area contributed by atoms with Gasteiger partial charge in [0.25, 0.3) is 15.9 Å². The van der Waals surface area contributed by atoms with Crippen LogP contribution in [0, 0.1) is 0 Å². The van der Waals surface area contributed by atoms with E-state index in [0.29, 0.717) is 12.1 Å². The van der Waals surface area contributed by atoms with Gasteiger partial charge in [0.05, 0.1) is 22.1 Å². The topological polar surface area (TPSA) is 84.5 Å². The summed E-state index contributed by atoms with van der Waals surface area (Å²) in [4.78, 5) is 12.4. The maximum atomic E-state index is 12.6. The van der Waals surface area contributed by atoms with Crippen molar-refractivity contribution in [3.8, 4) is 5.75 Å². The summed E-state index contributed by atoms with van der Waals surface area (Å²) >= 11 is 11.7. The number of carbonyl (C=O) groups is 1. The predicted octanol–water partition coefficient (Wildman–Crippen LogP) is 4.73. The lowest BCUT2D eigenvalue weighted by molar-refractivity contribution is 0.0951. The monoisotopic (exact) mass is 464 g/mol. The summed E-state index contributed by atoms with van der Waals surface area (Å²) in [6.45, 7) is 0.321.